The fourth-order valence-corrected chi connectivity index (χ4v) is 2.93. The molecular weight excluding hydrogens is 350 g/mol. The number of halogens is 4. The van der Waals surface area contributed by atoms with Crippen molar-refractivity contribution in [2.45, 2.75) is 11.8 Å². The molecule has 0 heterocycles. The van der Waals surface area contributed by atoms with Crippen molar-refractivity contribution in [1.29, 1.82) is 0 Å². The maximum atomic E-state index is 14.2. The molecule has 0 aliphatic rings. The SMILES string of the molecule is COc1ccc(Cl)cc1C(Br)c1c(F)ccc(C)c1F. The van der Waals surface area contributed by atoms with E-state index in [1.165, 1.54) is 19.2 Å². The first-order valence-electron chi connectivity index (χ1n) is 5.87. The van der Waals surface area contributed by atoms with Crippen LogP contribution in [0.15, 0.2) is 30.3 Å². The molecule has 0 aliphatic heterocycles. The summed E-state index contributed by atoms with van der Waals surface area (Å²) in [6.07, 6.45) is 0. The first-order chi connectivity index (χ1) is 9.45. The summed E-state index contributed by atoms with van der Waals surface area (Å²) in [4.78, 5) is -0.684. The van der Waals surface area contributed by atoms with Gasteiger partial charge in [0.15, 0.2) is 0 Å². The van der Waals surface area contributed by atoms with E-state index in [1.54, 1.807) is 25.1 Å². The third-order valence-corrected chi connectivity index (χ3v) is 4.22. The molecular formula is C15H12BrClF2O. The average molecular weight is 362 g/mol. The maximum absolute atomic E-state index is 14.2. The minimum Gasteiger partial charge on any atom is -0.496 e. The molecule has 2 rings (SSSR count). The second kappa shape index (κ2) is 6.10. The molecule has 2 aromatic carbocycles. The molecule has 0 fully saturated rings. The van der Waals surface area contributed by atoms with Gasteiger partial charge in [-0.2, -0.15) is 0 Å². The number of hydrogen-bond donors (Lipinski definition) is 0. The van der Waals surface area contributed by atoms with Crippen LogP contribution in [0.4, 0.5) is 8.78 Å². The fourth-order valence-electron chi connectivity index (χ4n) is 1.97. The molecule has 5 heteroatoms. The maximum Gasteiger partial charge on any atom is 0.133 e. The summed E-state index contributed by atoms with van der Waals surface area (Å²) in [7, 11) is 1.50. The van der Waals surface area contributed by atoms with E-state index in [-0.39, 0.29) is 5.56 Å². The molecule has 2 aromatic rings. The number of aryl methyl sites for hydroxylation is 1. The van der Waals surface area contributed by atoms with Gasteiger partial charge in [0, 0.05) is 16.1 Å². The Bertz CT molecular complexity index is 646. The molecule has 0 saturated heterocycles. The molecule has 1 atom stereocenters. The lowest BCUT2D eigenvalue weighted by Crippen LogP contribution is -2.04. The molecule has 0 spiro atoms. The predicted octanol–water partition coefficient (Wildman–Crippen LogP) is 5.42. The van der Waals surface area contributed by atoms with Gasteiger partial charge >= 0.3 is 0 Å². The molecule has 0 amide bonds. The Morgan fingerprint density at radius 3 is 2.55 bits per heavy atom. The normalized spacial score (nSPS) is 12.3. The average Bonchev–Trinajstić information content (AvgIpc) is 2.43. The Hall–Kier alpha value is -1.13. The van der Waals surface area contributed by atoms with E-state index < -0.39 is 16.5 Å². The highest BCUT2D eigenvalue weighted by molar-refractivity contribution is 9.09. The summed E-state index contributed by atoms with van der Waals surface area (Å²) in [6, 6.07) is 7.60. The van der Waals surface area contributed by atoms with Gasteiger partial charge in [-0.05, 0) is 36.8 Å². The van der Waals surface area contributed by atoms with Gasteiger partial charge in [-0.15, -0.1) is 0 Å². The van der Waals surface area contributed by atoms with Gasteiger partial charge in [-0.3, -0.25) is 0 Å². The number of alkyl halides is 1. The van der Waals surface area contributed by atoms with Gasteiger partial charge in [0.2, 0.25) is 0 Å². The van der Waals surface area contributed by atoms with Gasteiger partial charge in [0.1, 0.15) is 17.4 Å². The first-order valence-corrected chi connectivity index (χ1v) is 7.17. The number of ether oxygens (including phenoxy) is 1. The summed E-state index contributed by atoms with van der Waals surface area (Å²) < 4.78 is 33.4. The van der Waals surface area contributed by atoms with Crippen LogP contribution in [0.5, 0.6) is 5.75 Å². The molecule has 0 saturated carbocycles. The standard InChI is InChI=1S/C15H12BrClF2O/c1-8-3-5-11(18)13(15(8)19)14(16)10-7-9(17)4-6-12(10)20-2/h3-7,14H,1-2H3. The minimum absolute atomic E-state index is 0.0504. The Kier molecular flexibility index (Phi) is 4.66. The van der Waals surface area contributed by atoms with Crippen molar-refractivity contribution in [3.8, 4) is 5.75 Å². The molecule has 106 valence electrons. The predicted molar refractivity (Wildman–Crippen MR) is 79.9 cm³/mol. The molecule has 1 unspecified atom stereocenters. The second-order valence-corrected chi connectivity index (χ2v) is 5.69. The van der Waals surface area contributed by atoms with Crippen molar-refractivity contribution in [2.75, 3.05) is 7.11 Å². The number of benzene rings is 2. The van der Waals surface area contributed by atoms with Crippen molar-refractivity contribution in [3.05, 3.63) is 63.7 Å². The van der Waals surface area contributed by atoms with Gasteiger partial charge in [0.25, 0.3) is 0 Å². The van der Waals surface area contributed by atoms with Crippen LogP contribution in [0.3, 0.4) is 0 Å². The van der Waals surface area contributed by atoms with Crippen molar-refractivity contribution in [2.24, 2.45) is 0 Å². The number of methoxy groups -OCH3 is 1. The zero-order chi connectivity index (χ0) is 14.9. The lowest BCUT2D eigenvalue weighted by Gasteiger charge is -2.17. The zero-order valence-electron chi connectivity index (χ0n) is 10.9. The van der Waals surface area contributed by atoms with Crippen LogP contribution in [0.2, 0.25) is 5.02 Å². The van der Waals surface area contributed by atoms with E-state index in [9.17, 15) is 8.78 Å². The van der Waals surface area contributed by atoms with Gasteiger partial charge in [-0.1, -0.05) is 33.6 Å². The fraction of sp³-hybridized carbons (Fsp3) is 0.200. The largest absolute Gasteiger partial charge is 0.496 e. The van der Waals surface area contributed by atoms with Crippen LogP contribution < -0.4 is 4.74 Å². The second-order valence-electron chi connectivity index (χ2n) is 4.34. The highest BCUT2D eigenvalue weighted by atomic mass is 79.9. The van der Waals surface area contributed by atoms with Crippen LogP contribution in [0.25, 0.3) is 0 Å². The van der Waals surface area contributed by atoms with Gasteiger partial charge in [0.05, 0.1) is 11.9 Å². The van der Waals surface area contributed by atoms with E-state index in [4.69, 9.17) is 16.3 Å². The summed E-state index contributed by atoms with van der Waals surface area (Å²) in [6.45, 7) is 1.59. The lowest BCUT2D eigenvalue weighted by atomic mass is 10.0. The topological polar surface area (TPSA) is 9.23 Å². The van der Waals surface area contributed by atoms with Crippen molar-refractivity contribution in [1.82, 2.24) is 0 Å². The molecule has 0 aromatic heterocycles. The number of rotatable bonds is 3. The molecule has 0 radical (unpaired) electrons. The summed E-state index contributed by atoms with van der Waals surface area (Å²) >= 11 is 9.29. The van der Waals surface area contributed by atoms with E-state index in [0.29, 0.717) is 21.9 Å². The Balaban J connectivity index is 2.60. The third-order valence-electron chi connectivity index (χ3n) is 3.04. The Labute approximate surface area is 129 Å². The third kappa shape index (κ3) is 2.81. The van der Waals surface area contributed by atoms with Crippen molar-refractivity contribution >= 4 is 27.5 Å². The highest BCUT2D eigenvalue weighted by Gasteiger charge is 2.23. The van der Waals surface area contributed by atoms with Gasteiger partial charge < -0.3 is 4.74 Å². The van der Waals surface area contributed by atoms with Crippen molar-refractivity contribution in [3.63, 3.8) is 0 Å². The summed E-state index contributed by atoms with van der Waals surface area (Å²) in [5.41, 5.74) is 0.904. The smallest absolute Gasteiger partial charge is 0.133 e. The molecule has 0 aliphatic carbocycles. The van der Waals surface area contributed by atoms with Crippen molar-refractivity contribution < 1.29 is 13.5 Å². The molecule has 0 N–H and O–H groups in total. The van der Waals surface area contributed by atoms with Crippen LogP contribution >= 0.6 is 27.5 Å². The van der Waals surface area contributed by atoms with Crippen LogP contribution in [-0.4, -0.2) is 7.11 Å². The molecule has 1 nitrogen and oxygen atoms in total. The zero-order valence-corrected chi connectivity index (χ0v) is 13.2. The first kappa shape index (κ1) is 15.3. The van der Waals surface area contributed by atoms with Crippen LogP contribution in [0.1, 0.15) is 21.5 Å². The Morgan fingerprint density at radius 2 is 1.90 bits per heavy atom. The van der Waals surface area contributed by atoms with Crippen LogP contribution in [0, 0.1) is 18.6 Å². The Morgan fingerprint density at radius 1 is 1.20 bits per heavy atom. The quantitative estimate of drug-likeness (QED) is 0.663. The van der Waals surface area contributed by atoms with E-state index in [2.05, 4.69) is 15.9 Å². The van der Waals surface area contributed by atoms with Gasteiger partial charge in [-0.25, -0.2) is 8.78 Å². The monoisotopic (exact) mass is 360 g/mol. The number of hydrogen-bond acceptors (Lipinski definition) is 1. The van der Waals surface area contributed by atoms with E-state index in [1.807, 2.05) is 0 Å². The van der Waals surface area contributed by atoms with Crippen LogP contribution in [-0.2, 0) is 0 Å². The van der Waals surface area contributed by atoms with E-state index in [0.717, 1.165) is 0 Å². The summed E-state index contributed by atoms with van der Waals surface area (Å²) in [5, 5.41) is 0.471. The highest BCUT2D eigenvalue weighted by Crippen LogP contribution is 2.40. The molecule has 20 heavy (non-hydrogen) atoms. The minimum atomic E-state index is -0.684. The summed E-state index contributed by atoms with van der Waals surface area (Å²) in [5.74, 6) is -0.678. The lowest BCUT2D eigenvalue weighted by molar-refractivity contribution is 0.410. The van der Waals surface area contributed by atoms with E-state index >= 15 is 0 Å². The molecule has 0 bridgehead atoms.